The zero-order valence-electron chi connectivity index (χ0n) is 15.6. The zero-order chi connectivity index (χ0) is 20.2. The van der Waals surface area contributed by atoms with Crippen LogP contribution >= 0.6 is 11.5 Å². The van der Waals surface area contributed by atoms with E-state index in [1.54, 1.807) is 0 Å². The molecule has 0 unspecified atom stereocenters. The second-order valence-corrected chi connectivity index (χ2v) is 7.56. The van der Waals surface area contributed by atoms with E-state index in [1.165, 1.54) is 0 Å². The molecule has 150 valence electrons. The highest BCUT2D eigenvalue weighted by atomic mass is 32.1. The first-order valence-corrected chi connectivity index (χ1v) is 10.1. The molecule has 2 heterocycles. The van der Waals surface area contributed by atoms with Gasteiger partial charge in [-0.3, -0.25) is 4.79 Å². The second-order valence-electron chi connectivity index (χ2n) is 6.81. The third kappa shape index (κ3) is 4.46. The van der Waals surface area contributed by atoms with Crippen molar-refractivity contribution in [1.82, 2.24) is 24.5 Å². The van der Waals surface area contributed by atoms with Gasteiger partial charge in [-0.2, -0.15) is 14.3 Å². The van der Waals surface area contributed by atoms with E-state index < -0.39 is 5.91 Å². The topological polar surface area (TPSA) is 158 Å². The lowest BCUT2D eigenvalue weighted by atomic mass is 9.91. The lowest BCUT2D eigenvalue weighted by Gasteiger charge is -2.29. The molecule has 1 fully saturated rings. The van der Waals surface area contributed by atoms with Crippen molar-refractivity contribution >= 4 is 34.3 Å². The first-order chi connectivity index (χ1) is 14.1. The molecule has 10 nitrogen and oxygen atoms in total. The second kappa shape index (κ2) is 8.45. The van der Waals surface area contributed by atoms with Gasteiger partial charge in [-0.1, -0.05) is 43.2 Å². The number of aromatic nitrogens is 5. The maximum absolute atomic E-state index is 11.8. The number of anilines is 3. The van der Waals surface area contributed by atoms with Crippen molar-refractivity contribution in [2.75, 3.05) is 10.6 Å². The number of carbonyl (C=O) groups is 1. The summed E-state index contributed by atoms with van der Waals surface area (Å²) in [6, 6.07) is 9.67. The Morgan fingerprint density at radius 1 is 1.10 bits per heavy atom. The molecule has 11 heteroatoms. The van der Waals surface area contributed by atoms with E-state index in [-0.39, 0.29) is 29.5 Å². The fourth-order valence-electron chi connectivity index (χ4n) is 3.22. The van der Waals surface area contributed by atoms with Gasteiger partial charge in [-0.15, -0.1) is 10.2 Å². The third-order valence-corrected chi connectivity index (χ3v) is 5.37. The van der Waals surface area contributed by atoms with Gasteiger partial charge in [-0.05, 0) is 12.8 Å². The Hall–Kier alpha value is -3.18. The van der Waals surface area contributed by atoms with Crippen LogP contribution in [-0.2, 0) is 0 Å². The van der Waals surface area contributed by atoms with Crippen molar-refractivity contribution < 1.29 is 4.79 Å². The number of nitrogens with one attached hydrogen (secondary N) is 2. The zero-order valence-corrected chi connectivity index (χ0v) is 16.4. The molecule has 2 atom stereocenters. The lowest BCUT2D eigenvalue weighted by molar-refractivity contribution is 0.0995. The average molecular weight is 411 g/mol. The first kappa shape index (κ1) is 19.2. The first-order valence-electron chi connectivity index (χ1n) is 9.33. The summed E-state index contributed by atoms with van der Waals surface area (Å²) >= 11 is 1.15. The minimum absolute atomic E-state index is 0.0242. The van der Waals surface area contributed by atoms with Gasteiger partial charge in [0.25, 0.3) is 5.91 Å². The van der Waals surface area contributed by atoms with Crippen LogP contribution in [0, 0.1) is 0 Å². The van der Waals surface area contributed by atoms with Gasteiger partial charge in [-0.25, -0.2) is 0 Å². The van der Waals surface area contributed by atoms with Gasteiger partial charge in [0.1, 0.15) is 0 Å². The predicted octanol–water partition coefficient (Wildman–Crippen LogP) is 1.91. The van der Waals surface area contributed by atoms with E-state index in [2.05, 4.69) is 35.2 Å². The van der Waals surface area contributed by atoms with E-state index in [9.17, 15) is 4.79 Å². The summed E-state index contributed by atoms with van der Waals surface area (Å²) < 4.78 is 4.34. The molecule has 2 aromatic heterocycles. The SMILES string of the molecule is NC(=O)c1nnc(N[C@@H]2CCCC[C@@H]2N)nc1Nc1nc(-c2ccccc2)ns1. The highest BCUT2D eigenvalue weighted by Crippen LogP contribution is 2.25. The van der Waals surface area contributed by atoms with E-state index in [1.807, 2.05) is 30.3 Å². The van der Waals surface area contributed by atoms with Crippen molar-refractivity contribution in [3.63, 3.8) is 0 Å². The maximum atomic E-state index is 11.8. The molecule has 0 bridgehead atoms. The Labute approximate surface area is 171 Å². The molecule has 0 aliphatic heterocycles. The van der Waals surface area contributed by atoms with Crippen LogP contribution in [0.1, 0.15) is 36.2 Å². The van der Waals surface area contributed by atoms with Crippen LogP contribution in [0.2, 0.25) is 0 Å². The van der Waals surface area contributed by atoms with Crippen molar-refractivity contribution in [2.24, 2.45) is 11.5 Å². The molecule has 0 spiro atoms. The molecule has 1 saturated carbocycles. The summed E-state index contributed by atoms with van der Waals surface area (Å²) in [4.78, 5) is 20.6. The number of carbonyl (C=O) groups excluding carboxylic acids is 1. The normalized spacial score (nSPS) is 18.9. The van der Waals surface area contributed by atoms with Gasteiger partial charge >= 0.3 is 0 Å². The van der Waals surface area contributed by atoms with Crippen LogP contribution in [0.5, 0.6) is 0 Å². The van der Waals surface area contributed by atoms with E-state index in [0.29, 0.717) is 11.0 Å². The predicted molar refractivity (Wildman–Crippen MR) is 111 cm³/mol. The molecular weight excluding hydrogens is 390 g/mol. The van der Waals surface area contributed by atoms with Crippen LogP contribution in [0.3, 0.4) is 0 Å². The van der Waals surface area contributed by atoms with Crippen molar-refractivity contribution in [2.45, 2.75) is 37.8 Å². The number of nitrogens with two attached hydrogens (primary N) is 2. The Morgan fingerprint density at radius 3 is 2.66 bits per heavy atom. The van der Waals surface area contributed by atoms with Crippen LogP contribution in [0.4, 0.5) is 16.9 Å². The summed E-state index contributed by atoms with van der Waals surface area (Å²) in [5.74, 6) is 0.302. The average Bonchev–Trinajstić information content (AvgIpc) is 3.19. The van der Waals surface area contributed by atoms with Crippen LogP contribution in [0.25, 0.3) is 11.4 Å². The van der Waals surface area contributed by atoms with E-state index in [0.717, 1.165) is 42.8 Å². The minimum Gasteiger partial charge on any atom is -0.364 e. The molecule has 0 radical (unpaired) electrons. The molecule has 4 rings (SSSR count). The Morgan fingerprint density at radius 2 is 1.90 bits per heavy atom. The van der Waals surface area contributed by atoms with E-state index in [4.69, 9.17) is 11.5 Å². The number of rotatable bonds is 6. The van der Waals surface area contributed by atoms with Crippen LogP contribution in [-0.4, -0.2) is 42.5 Å². The number of nitrogens with zero attached hydrogens (tertiary/aromatic N) is 5. The number of hydrogen-bond donors (Lipinski definition) is 4. The fraction of sp³-hybridized carbons (Fsp3) is 0.333. The molecule has 3 aromatic rings. The van der Waals surface area contributed by atoms with Gasteiger partial charge in [0.05, 0.1) is 0 Å². The molecule has 29 heavy (non-hydrogen) atoms. The van der Waals surface area contributed by atoms with Crippen LogP contribution in [0.15, 0.2) is 30.3 Å². The van der Waals surface area contributed by atoms with E-state index >= 15 is 0 Å². The number of hydrogen-bond acceptors (Lipinski definition) is 10. The monoisotopic (exact) mass is 411 g/mol. The molecule has 1 amide bonds. The molecule has 6 N–H and O–H groups in total. The fourth-order valence-corrected chi connectivity index (χ4v) is 3.81. The molecule has 1 aliphatic carbocycles. The number of benzene rings is 1. The molecule has 1 aromatic carbocycles. The van der Waals surface area contributed by atoms with Gasteiger partial charge in [0.2, 0.25) is 11.1 Å². The quantitative estimate of drug-likeness (QED) is 0.475. The summed E-state index contributed by atoms with van der Waals surface area (Å²) in [7, 11) is 0. The standard InChI is InChI=1S/C18H21N9OS/c19-11-8-4-5-9-12(11)21-17-22-16(13(14(20)28)25-26-17)24-18-23-15(27-29-18)10-6-2-1-3-7-10/h1-3,6-7,11-12H,4-5,8-9,19H2,(H2,20,28)(H2,21,22,23,24,26,27)/t11-,12+/m0/s1. The summed E-state index contributed by atoms with van der Waals surface area (Å²) in [6.07, 6.45) is 4.09. The summed E-state index contributed by atoms with van der Waals surface area (Å²) in [5, 5.41) is 14.6. The van der Waals surface area contributed by atoms with Gasteiger partial charge in [0.15, 0.2) is 17.3 Å². The minimum atomic E-state index is -0.735. The highest BCUT2D eigenvalue weighted by Gasteiger charge is 2.24. The van der Waals surface area contributed by atoms with Crippen LogP contribution < -0.4 is 22.1 Å². The van der Waals surface area contributed by atoms with Crippen molar-refractivity contribution in [3.05, 3.63) is 36.0 Å². The number of primary amides is 1. The smallest absolute Gasteiger partial charge is 0.273 e. The highest BCUT2D eigenvalue weighted by molar-refractivity contribution is 7.09. The van der Waals surface area contributed by atoms with Crippen molar-refractivity contribution in [3.8, 4) is 11.4 Å². The van der Waals surface area contributed by atoms with Gasteiger partial charge < -0.3 is 22.1 Å². The maximum Gasteiger partial charge on any atom is 0.273 e. The molecule has 1 aliphatic rings. The largest absolute Gasteiger partial charge is 0.364 e. The summed E-state index contributed by atoms with van der Waals surface area (Å²) in [5.41, 5.74) is 12.4. The third-order valence-electron chi connectivity index (χ3n) is 4.74. The Bertz CT molecular complexity index is 994. The molecule has 0 saturated heterocycles. The summed E-state index contributed by atoms with van der Waals surface area (Å²) in [6.45, 7) is 0. The lowest BCUT2D eigenvalue weighted by Crippen LogP contribution is -2.43. The van der Waals surface area contributed by atoms with Gasteiger partial charge in [0, 0.05) is 29.2 Å². The Balaban J connectivity index is 1.57. The molecular formula is C18H21N9OS. The number of amides is 1. The Kier molecular flexibility index (Phi) is 5.58. The van der Waals surface area contributed by atoms with Crippen molar-refractivity contribution in [1.29, 1.82) is 0 Å².